The van der Waals surface area contributed by atoms with Gasteiger partial charge in [-0.15, -0.1) is 0 Å². The highest BCUT2D eigenvalue weighted by Crippen LogP contribution is 2.37. The number of rotatable bonds is 10. The van der Waals surface area contributed by atoms with Crippen LogP contribution in [-0.4, -0.2) is 55.6 Å². The molecular formula is C26H28FN5O6S. The van der Waals surface area contributed by atoms with E-state index in [9.17, 15) is 14.4 Å². The second kappa shape index (κ2) is 12.1. The minimum Gasteiger partial charge on any atom is -0.493 e. The second-order valence-electron chi connectivity index (χ2n) is 8.66. The van der Waals surface area contributed by atoms with Gasteiger partial charge >= 0.3 is 0 Å². The van der Waals surface area contributed by atoms with Gasteiger partial charge in [0.25, 0.3) is 11.8 Å². The molecule has 2 aromatic carbocycles. The van der Waals surface area contributed by atoms with Crippen molar-refractivity contribution in [2.45, 2.75) is 25.0 Å². The zero-order valence-electron chi connectivity index (χ0n) is 21.3. The molecule has 13 heteroatoms. The molecule has 0 saturated carbocycles. The van der Waals surface area contributed by atoms with Crippen molar-refractivity contribution in [3.8, 4) is 11.5 Å². The van der Waals surface area contributed by atoms with Crippen molar-refractivity contribution in [3.63, 3.8) is 0 Å². The monoisotopic (exact) mass is 557 g/mol. The van der Waals surface area contributed by atoms with Crippen molar-refractivity contribution in [2.24, 2.45) is 5.73 Å². The molecular weight excluding hydrogens is 529 g/mol. The van der Waals surface area contributed by atoms with Gasteiger partial charge in [-0.05, 0) is 54.2 Å². The highest BCUT2D eigenvalue weighted by Gasteiger charge is 2.38. The third kappa shape index (κ3) is 5.78. The Morgan fingerprint density at radius 3 is 2.56 bits per heavy atom. The summed E-state index contributed by atoms with van der Waals surface area (Å²) in [5.41, 5.74) is 10.9. The average Bonchev–Trinajstić information content (AvgIpc) is 3.60. The summed E-state index contributed by atoms with van der Waals surface area (Å²) in [7, 11) is 2.89. The number of aromatic nitrogens is 1. The first-order chi connectivity index (χ1) is 18.8. The van der Waals surface area contributed by atoms with Crippen LogP contribution in [0, 0.1) is 5.82 Å². The highest BCUT2D eigenvalue weighted by molar-refractivity contribution is 7.09. The number of nitrogen functional groups attached to an aromatic ring is 1. The number of amides is 3. The van der Waals surface area contributed by atoms with Crippen molar-refractivity contribution in [1.29, 1.82) is 0 Å². The van der Waals surface area contributed by atoms with Crippen LogP contribution in [0.4, 0.5) is 15.8 Å². The number of carbonyl (C=O) groups excluding carboxylic acids is 3. The maximum Gasteiger partial charge on any atom is 0.273 e. The Bertz CT molecular complexity index is 1380. The van der Waals surface area contributed by atoms with Gasteiger partial charge in [-0.3, -0.25) is 19.3 Å². The summed E-state index contributed by atoms with van der Waals surface area (Å²) in [4.78, 5) is 40.5. The molecule has 4 rings (SSSR count). The number of para-hydroxylation sites is 1. The number of ether oxygens (including phenoxy) is 3. The topological polar surface area (TPSA) is 159 Å². The average molecular weight is 558 g/mol. The van der Waals surface area contributed by atoms with Crippen molar-refractivity contribution in [2.75, 3.05) is 38.0 Å². The predicted molar refractivity (Wildman–Crippen MR) is 143 cm³/mol. The number of carbonyl (C=O) groups is 3. The van der Waals surface area contributed by atoms with E-state index >= 15 is 4.39 Å². The fourth-order valence-corrected chi connectivity index (χ4v) is 5.05. The van der Waals surface area contributed by atoms with Crippen molar-refractivity contribution in [1.82, 2.24) is 9.69 Å². The number of hydrogen-bond donors (Lipinski definition) is 3. The largest absolute Gasteiger partial charge is 0.493 e. The number of nitrogens with zero attached hydrogens (tertiary/aromatic N) is 2. The Morgan fingerprint density at radius 1 is 1.21 bits per heavy atom. The lowest BCUT2D eigenvalue weighted by Gasteiger charge is -2.32. The van der Waals surface area contributed by atoms with E-state index in [4.69, 9.17) is 25.7 Å². The number of benzene rings is 2. The van der Waals surface area contributed by atoms with E-state index < -0.39 is 29.6 Å². The van der Waals surface area contributed by atoms with Crippen molar-refractivity contribution in [3.05, 3.63) is 64.4 Å². The van der Waals surface area contributed by atoms with Gasteiger partial charge in [-0.25, -0.2) is 4.39 Å². The smallest absolute Gasteiger partial charge is 0.273 e. The molecule has 1 fully saturated rings. The Labute approximate surface area is 228 Å². The van der Waals surface area contributed by atoms with E-state index in [2.05, 4.69) is 9.69 Å². The third-order valence-corrected chi connectivity index (χ3v) is 7.10. The van der Waals surface area contributed by atoms with Gasteiger partial charge in [0.05, 0.1) is 31.7 Å². The number of halogens is 1. The van der Waals surface area contributed by atoms with Crippen molar-refractivity contribution < 1.29 is 33.0 Å². The van der Waals surface area contributed by atoms with Crippen LogP contribution in [0.3, 0.4) is 0 Å². The lowest BCUT2D eigenvalue weighted by molar-refractivity contribution is -0.123. The fraction of sp³-hybridized carbons (Fsp3) is 0.308. The van der Waals surface area contributed by atoms with Crippen LogP contribution in [0.25, 0.3) is 0 Å². The number of nitrogens with one attached hydrogen (secondary N) is 1. The van der Waals surface area contributed by atoms with Crippen LogP contribution in [-0.2, 0) is 9.53 Å². The van der Waals surface area contributed by atoms with Crippen LogP contribution in [0.15, 0.2) is 42.5 Å². The van der Waals surface area contributed by atoms with E-state index in [-0.39, 0.29) is 34.6 Å². The zero-order chi connectivity index (χ0) is 28.1. The molecule has 1 aliphatic rings. The van der Waals surface area contributed by atoms with Gasteiger partial charge in [-0.2, -0.15) is 4.37 Å². The van der Waals surface area contributed by atoms with E-state index in [1.54, 1.807) is 12.1 Å². The SMILES string of the molecule is COc1ccc([C@@H](C(=O)NC[C@@H]2CCCO2)N(C(=O)c2snc(C(N)=O)c2N)c2ccccc2F)cc1OC. The molecule has 0 unspecified atom stereocenters. The Balaban J connectivity index is 1.87. The normalized spacial score (nSPS) is 15.4. The summed E-state index contributed by atoms with van der Waals surface area (Å²) < 4.78 is 35.5. The van der Waals surface area contributed by atoms with E-state index in [0.29, 0.717) is 35.2 Å². The molecule has 1 aromatic heterocycles. The van der Waals surface area contributed by atoms with Gasteiger partial charge < -0.3 is 31.0 Å². The molecule has 0 aliphatic carbocycles. The van der Waals surface area contributed by atoms with Crippen LogP contribution in [0.5, 0.6) is 11.5 Å². The van der Waals surface area contributed by atoms with Crippen LogP contribution < -0.4 is 31.2 Å². The minimum absolute atomic E-state index is 0.176. The lowest BCUT2D eigenvalue weighted by atomic mass is 10.0. The molecule has 0 spiro atoms. The molecule has 5 N–H and O–H groups in total. The first kappa shape index (κ1) is 27.8. The summed E-state index contributed by atoms with van der Waals surface area (Å²) in [6.07, 6.45) is 1.45. The Kier molecular flexibility index (Phi) is 8.62. The number of hydrogen-bond acceptors (Lipinski definition) is 9. The summed E-state index contributed by atoms with van der Waals surface area (Å²) in [6.45, 7) is 0.781. The molecule has 1 aliphatic heterocycles. The lowest BCUT2D eigenvalue weighted by Crippen LogP contribution is -2.46. The highest BCUT2D eigenvalue weighted by atomic mass is 32.1. The molecule has 3 amide bonds. The van der Waals surface area contributed by atoms with E-state index in [1.165, 1.54) is 38.5 Å². The third-order valence-electron chi connectivity index (χ3n) is 6.24. The Morgan fingerprint density at radius 2 is 1.95 bits per heavy atom. The van der Waals surface area contributed by atoms with Crippen LogP contribution in [0.2, 0.25) is 0 Å². The molecule has 206 valence electrons. The molecule has 39 heavy (non-hydrogen) atoms. The number of primary amides is 1. The quantitative estimate of drug-likeness (QED) is 0.343. The molecule has 2 atom stereocenters. The number of methoxy groups -OCH3 is 2. The van der Waals surface area contributed by atoms with Crippen LogP contribution in [0.1, 0.15) is 44.6 Å². The van der Waals surface area contributed by atoms with Crippen molar-refractivity contribution >= 4 is 40.6 Å². The molecule has 2 heterocycles. The van der Waals surface area contributed by atoms with Gasteiger partial charge in [0.15, 0.2) is 17.2 Å². The maximum atomic E-state index is 15.3. The van der Waals surface area contributed by atoms with Gasteiger partial charge in [0, 0.05) is 13.2 Å². The molecule has 0 radical (unpaired) electrons. The van der Waals surface area contributed by atoms with Gasteiger partial charge in [-0.1, -0.05) is 18.2 Å². The minimum atomic E-state index is -1.39. The Hall–Kier alpha value is -4.23. The second-order valence-corrected chi connectivity index (χ2v) is 9.44. The first-order valence-electron chi connectivity index (χ1n) is 12.0. The predicted octanol–water partition coefficient (Wildman–Crippen LogP) is 2.66. The molecule has 3 aromatic rings. The van der Waals surface area contributed by atoms with Crippen LogP contribution >= 0.6 is 11.5 Å². The van der Waals surface area contributed by atoms with Gasteiger partial charge in [0.2, 0.25) is 5.91 Å². The first-order valence-corrected chi connectivity index (χ1v) is 12.8. The number of nitrogens with two attached hydrogens (primary N) is 2. The molecule has 0 bridgehead atoms. The summed E-state index contributed by atoms with van der Waals surface area (Å²) in [5.74, 6) is -2.46. The zero-order valence-corrected chi connectivity index (χ0v) is 22.1. The standard InChI is InChI=1S/C26H28FN5O6S/c1-36-18-10-9-14(12-19(18)37-2)22(25(34)30-13-15-6-5-11-38-15)32(17-8-4-3-7-16(17)27)26(35)23-20(28)21(24(29)33)31-39-23/h3-4,7-10,12,15,22H,5-6,11,13,28H2,1-2H3,(H2,29,33)(H,30,34)/t15-,22-/m0/s1. The number of anilines is 2. The van der Waals surface area contributed by atoms with E-state index in [0.717, 1.165) is 23.8 Å². The molecule has 11 nitrogen and oxygen atoms in total. The van der Waals surface area contributed by atoms with E-state index in [1.807, 2.05) is 0 Å². The summed E-state index contributed by atoms with van der Waals surface area (Å²) >= 11 is 0.627. The maximum absolute atomic E-state index is 15.3. The summed E-state index contributed by atoms with van der Waals surface area (Å²) in [6, 6.07) is 8.79. The fourth-order valence-electron chi connectivity index (χ4n) is 4.31. The summed E-state index contributed by atoms with van der Waals surface area (Å²) in [5, 5.41) is 2.83. The molecule has 1 saturated heterocycles. The van der Waals surface area contributed by atoms with Gasteiger partial charge in [0.1, 0.15) is 16.7 Å².